The number of rotatable bonds is 6. The fourth-order valence-electron chi connectivity index (χ4n) is 4.45. The first-order valence-corrected chi connectivity index (χ1v) is 14.8. The summed E-state index contributed by atoms with van der Waals surface area (Å²) in [4.78, 5) is 39.1. The average molecular weight is 583 g/mol. The van der Waals surface area contributed by atoms with E-state index < -0.39 is 51.6 Å². The van der Waals surface area contributed by atoms with Gasteiger partial charge in [0.2, 0.25) is 0 Å². The molecule has 3 aromatic rings. The Bertz CT molecular complexity index is 1550. The molecular formula is C29H34N4O7S. The summed E-state index contributed by atoms with van der Waals surface area (Å²) in [6, 6.07) is 14.3. The summed E-state index contributed by atoms with van der Waals surface area (Å²) >= 11 is 0. The molecule has 41 heavy (non-hydrogen) atoms. The maximum absolute atomic E-state index is 13.1. The number of oxazole rings is 1. The van der Waals surface area contributed by atoms with E-state index in [9.17, 15) is 23.9 Å². The third-order valence-electron chi connectivity index (χ3n) is 6.70. The second kappa shape index (κ2) is 12.3. The van der Waals surface area contributed by atoms with Crippen LogP contribution in [0.4, 0.5) is 4.79 Å². The van der Waals surface area contributed by atoms with Gasteiger partial charge in [-0.15, -0.1) is 0 Å². The van der Waals surface area contributed by atoms with Crippen LogP contribution < -0.4 is 11.1 Å². The lowest BCUT2D eigenvalue weighted by molar-refractivity contribution is -0.133. The van der Waals surface area contributed by atoms with Crippen LogP contribution in [0.15, 0.2) is 51.7 Å². The van der Waals surface area contributed by atoms with Crippen molar-refractivity contribution in [2.24, 2.45) is 7.05 Å². The Labute approximate surface area is 240 Å². The summed E-state index contributed by atoms with van der Waals surface area (Å²) in [6.45, 7) is 5.28. The number of aryl methyl sites for hydroxylation is 1. The number of aromatic nitrogens is 1. The Balaban J connectivity index is 1.43. The molecule has 1 aliphatic heterocycles. The number of fused-ring (bicyclic) bond motifs is 1. The number of nitrogens with zero attached hydrogens (tertiary/aromatic N) is 3. The van der Waals surface area contributed by atoms with Gasteiger partial charge < -0.3 is 24.1 Å². The Morgan fingerprint density at radius 3 is 2.49 bits per heavy atom. The van der Waals surface area contributed by atoms with Crippen molar-refractivity contribution < 1.29 is 27.7 Å². The normalized spacial score (nSPS) is 19.2. The molecule has 1 saturated heterocycles. The van der Waals surface area contributed by atoms with E-state index in [1.54, 1.807) is 33.9 Å². The molecule has 2 amide bonds. The molecule has 4 rings (SSSR count). The summed E-state index contributed by atoms with van der Waals surface area (Å²) in [6.07, 6.45) is 0.101. The van der Waals surface area contributed by atoms with Crippen LogP contribution in [0.5, 0.6) is 0 Å². The van der Waals surface area contributed by atoms with Crippen LogP contribution >= 0.6 is 0 Å². The molecule has 1 aromatic heterocycles. The maximum Gasteiger partial charge on any atom is 0.419 e. The summed E-state index contributed by atoms with van der Waals surface area (Å²) in [5, 5.41) is 12.0. The second-order valence-electron chi connectivity index (χ2n) is 11.0. The molecule has 1 N–H and O–H groups in total. The number of ether oxygens (including phenoxy) is 2. The number of nitrogens with one attached hydrogen (secondary N) is 1. The van der Waals surface area contributed by atoms with Gasteiger partial charge in [-0.25, -0.2) is 9.59 Å². The SMILES string of the molecule is Cn1c(=O)oc2ccc(-c3ccc(C[C@@H](C#N)NC(=O)[C@@H]4CN(C(=O)OC(C)(C)C)CC(S(C)=O)CO4)cc3)cc21. The first kappa shape index (κ1) is 30.0. The number of carbonyl (C=O) groups excluding carboxylic acids is 2. The van der Waals surface area contributed by atoms with Crippen LogP contribution in [0.1, 0.15) is 26.3 Å². The van der Waals surface area contributed by atoms with Gasteiger partial charge in [0.1, 0.15) is 11.6 Å². The lowest BCUT2D eigenvalue weighted by Gasteiger charge is -2.28. The third-order valence-corrected chi connectivity index (χ3v) is 7.92. The Morgan fingerprint density at radius 2 is 1.85 bits per heavy atom. The minimum atomic E-state index is -1.29. The van der Waals surface area contributed by atoms with E-state index in [1.807, 2.05) is 36.4 Å². The maximum atomic E-state index is 13.1. The summed E-state index contributed by atoms with van der Waals surface area (Å²) in [5.74, 6) is -0.965. The highest BCUT2D eigenvalue weighted by Gasteiger charge is 2.35. The zero-order chi connectivity index (χ0) is 29.9. The molecule has 0 bridgehead atoms. The summed E-state index contributed by atoms with van der Waals surface area (Å²) in [5.41, 5.74) is 3.10. The van der Waals surface area contributed by atoms with Crippen LogP contribution in [0, 0.1) is 11.3 Å². The minimum absolute atomic E-state index is 0.0257. The fraction of sp³-hybridized carbons (Fsp3) is 0.448. The van der Waals surface area contributed by atoms with Gasteiger partial charge in [0.05, 0.1) is 30.0 Å². The first-order chi connectivity index (χ1) is 19.3. The van der Waals surface area contributed by atoms with E-state index in [0.717, 1.165) is 16.7 Å². The van der Waals surface area contributed by atoms with E-state index in [2.05, 4.69) is 11.4 Å². The van der Waals surface area contributed by atoms with Crippen molar-refractivity contribution in [1.82, 2.24) is 14.8 Å². The molecule has 2 aromatic carbocycles. The van der Waals surface area contributed by atoms with Gasteiger partial charge in [-0.2, -0.15) is 5.26 Å². The van der Waals surface area contributed by atoms with E-state index >= 15 is 0 Å². The van der Waals surface area contributed by atoms with E-state index in [0.29, 0.717) is 11.1 Å². The smallest absolute Gasteiger partial charge is 0.419 e. The zero-order valence-electron chi connectivity index (χ0n) is 23.7. The molecule has 4 atom stereocenters. The quantitative estimate of drug-likeness (QED) is 0.467. The standard InChI is InChI=1S/C29H34N4O7S/c1-29(2,3)40-28(36)33-15-22(41(5)37)17-38-25(16-33)26(34)31-21(14-30)12-18-6-8-19(9-7-18)20-10-11-24-23(13-20)32(4)27(35)39-24/h6-11,13,21-22,25H,12,15-17H2,1-5H3,(H,31,34)/t21-,22?,25-,41?/m0/s1. The van der Waals surface area contributed by atoms with Crippen LogP contribution in [0.3, 0.4) is 0 Å². The van der Waals surface area contributed by atoms with Gasteiger partial charge in [-0.1, -0.05) is 30.3 Å². The van der Waals surface area contributed by atoms with Crippen molar-refractivity contribution >= 4 is 33.9 Å². The number of amides is 2. The van der Waals surface area contributed by atoms with Gasteiger partial charge >= 0.3 is 11.8 Å². The highest BCUT2D eigenvalue weighted by Crippen LogP contribution is 2.24. The molecule has 1 aliphatic rings. The summed E-state index contributed by atoms with van der Waals surface area (Å²) < 4.78 is 30.1. The number of carbonyl (C=O) groups is 2. The predicted molar refractivity (Wildman–Crippen MR) is 154 cm³/mol. The molecule has 0 saturated carbocycles. The molecule has 11 nitrogen and oxygen atoms in total. The number of benzene rings is 2. The van der Waals surface area contributed by atoms with E-state index in [1.165, 1.54) is 15.7 Å². The van der Waals surface area contributed by atoms with E-state index in [4.69, 9.17) is 13.9 Å². The van der Waals surface area contributed by atoms with Crippen molar-refractivity contribution in [2.75, 3.05) is 26.0 Å². The molecule has 218 valence electrons. The highest BCUT2D eigenvalue weighted by atomic mass is 32.2. The van der Waals surface area contributed by atoms with Gasteiger partial charge in [0.15, 0.2) is 11.7 Å². The van der Waals surface area contributed by atoms with Crippen molar-refractivity contribution in [3.05, 3.63) is 58.6 Å². The average Bonchev–Trinajstić information content (AvgIpc) is 3.07. The highest BCUT2D eigenvalue weighted by molar-refractivity contribution is 7.85. The van der Waals surface area contributed by atoms with E-state index in [-0.39, 0.29) is 26.1 Å². The number of nitriles is 1. The number of hydrogen-bond acceptors (Lipinski definition) is 8. The molecule has 0 aliphatic carbocycles. The second-order valence-corrected chi connectivity index (χ2v) is 12.7. The molecule has 12 heteroatoms. The Hall–Kier alpha value is -3.95. The molecule has 0 radical (unpaired) electrons. The lowest BCUT2D eigenvalue weighted by atomic mass is 10.0. The van der Waals surface area contributed by atoms with Crippen LogP contribution in [0.25, 0.3) is 22.2 Å². The van der Waals surface area contributed by atoms with Gasteiger partial charge in [0.25, 0.3) is 5.91 Å². The Morgan fingerprint density at radius 1 is 1.17 bits per heavy atom. The Kier molecular flexibility index (Phi) is 8.99. The molecule has 2 heterocycles. The lowest BCUT2D eigenvalue weighted by Crippen LogP contribution is -2.49. The molecule has 0 spiro atoms. The molecular weight excluding hydrogens is 548 g/mol. The van der Waals surface area contributed by atoms with Crippen LogP contribution in [-0.4, -0.2) is 74.6 Å². The van der Waals surface area contributed by atoms with Crippen molar-refractivity contribution in [1.29, 1.82) is 5.26 Å². The first-order valence-electron chi connectivity index (χ1n) is 13.1. The molecule has 2 unspecified atom stereocenters. The van der Waals surface area contributed by atoms with Crippen LogP contribution in [0.2, 0.25) is 0 Å². The van der Waals surface area contributed by atoms with Gasteiger partial charge in [-0.3, -0.25) is 13.6 Å². The molecule has 1 fully saturated rings. The summed E-state index contributed by atoms with van der Waals surface area (Å²) in [7, 11) is 0.356. The number of hydrogen-bond donors (Lipinski definition) is 1. The minimum Gasteiger partial charge on any atom is -0.444 e. The van der Waals surface area contributed by atoms with Gasteiger partial charge in [0, 0.05) is 37.1 Å². The third kappa shape index (κ3) is 7.42. The van der Waals surface area contributed by atoms with Crippen molar-refractivity contribution in [2.45, 2.75) is 50.2 Å². The monoisotopic (exact) mass is 582 g/mol. The van der Waals surface area contributed by atoms with Crippen LogP contribution in [-0.2, 0) is 38.5 Å². The zero-order valence-corrected chi connectivity index (χ0v) is 24.5. The van der Waals surface area contributed by atoms with Crippen molar-refractivity contribution in [3.8, 4) is 17.2 Å². The largest absolute Gasteiger partial charge is 0.444 e. The predicted octanol–water partition coefficient (Wildman–Crippen LogP) is 2.73. The fourth-order valence-corrected chi connectivity index (χ4v) is 5.11. The topological polar surface area (TPSA) is 144 Å². The van der Waals surface area contributed by atoms with Gasteiger partial charge in [-0.05, 0) is 49.6 Å². The van der Waals surface area contributed by atoms with Crippen molar-refractivity contribution in [3.63, 3.8) is 0 Å².